The van der Waals surface area contributed by atoms with Crippen molar-refractivity contribution in [3.63, 3.8) is 0 Å². The molecular weight excluding hydrogens is 432 g/mol. The van der Waals surface area contributed by atoms with E-state index in [-0.39, 0.29) is 31.4 Å². The third-order valence-corrected chi connectivity index (χ3v) is 5.88. The van der Waals surface area contributed by atoms with Gasteiger partial charge in [-0.25, -0.2) is 4.79 Å². The summed E-state index contributed by atoms with van der Waals surface area (Å²) < 4.78 is 12.2. The quantitative estimate of drug-likeness (QED) is 0.388. The van der Waals surface area contributed by atoms with Crippen LogP contribution in [-0.2, 0) is 16.0 Å². The molecule has 8 heteroatoms. The highest BCUT2D eigenvalue weighted by Gasteiger charge is 2.33. The van der Waals surface area contributed by atoms with Gasteiger partial charge in [-0.15, -0.1) is 0 Å². The van der Waals surface area contributed by atoms with Gasteiger partial charge in [0, 0.05) is 31.5 Å². The van der Waals surface area contributed by atoms with Crippen molar-refractivity contribution in [1.82, 2.24) is 9.47 Å². The molecule has 174 valence electrons. The molecule has 7 nitrogen and oxygen atoms in total. The van der Waals surface area contributed by atoms with E-state index in [1.165, 1.54) is 12.0 Å². The average Bonchev–Trinajstić information content (AvgIpc) is 3.02. The fourth-order valence-electron chi connectivity index (χ4n) is 3.92. The van der Waals surface area contributed by atoms with Crippen molar-refractivity contribution in [3.8, 4) is 0 Å². The summed E-state index contributed by atoms with van der Waals surface area (Å²) in [5.74, 6) is -1.08. The van der Waals surface area contributed by atoms with Gasteiger partial charge in [-0.3, -0.25) is 9.59 Å². The number of carbonyl (C=O) groups excluding carboxylic acids is 3. The van der Waals surface area contributed by atoms with Gasteiger partial charge < -0.3 is 18.9 Å². The van der Waals surface area contributed by atoms with Gasteiger partial charge in [-0.2, -0.15) is 0 Å². The Bertz CT molecular complexity index is 999. The fourth-order valence-corrected chi connectivity index (χ4v) is 4.13. The first kappa shape index (κ1) is 25.6. The maximum Gasteiger partial charge on any atom is 0.355 e. The molecule has 2 aromatic rings. The minimum atomic E-state index is -0.797. The molecule has 32 heavy (non-hydrogen) atoms. The second kappa shape index (κ2) is 11.3. The molecule has 0 radical (unpaired) electrons. The van der Waals surface area contributed by atoms with Crippen LogP contribution in [-0.4, -0.2) is 60.0 Å². The van der Waals surface area contributed by atoms with Crippen LogP contribution in [0.4, 0.5) is 0 Å². The van der Waals surface area contributed by atoms with Crippen molar-refractivity contribution in [1.29, 1.82) is 0 Å². The number of amides is 1. The standard InChI is InChI=1S/C24H31ClN2O5/c1-7-26-16(4)20(15(3)21(26)24(30)32-8-2)22(28)17(5)27(13-14-31-6)23(29)18-11-9-10-12-19(18)25/h9-12,17H,7-8,13-14H2,1-6H3. The predicted octanol–water partition coefficient (Wildman–Crippen LogP) is 4.31. The number of nitrogens with zero attached hydrogens (tertiary/aromatic N) is 2. The molecule has 0 fully saturated rings. The van der Waals surface area contributed by atoms with Crippen molar-refractivity contribution in [2.24, 2.45) is 0 Å². The van der Waals surface area contributed by atoms with Gasteiger partial charge in [-0.1, -0.05) is 23.7 Å². The van der Waals surface area contributed by atoms with E-state index in [4.69, 9.17) is 21.1 Å². The highest BCUT2D eigenvalue weighted by Crippen LogP contribution is 2.27. The Labute approximate surface area is 194 Å². The van der Waals surface area contributed by atoms with Crippen LogP contribution in [0.15, 0.2) is 24.3 Å². The summed E-state index contributed by atoms with van der Waals surface area (Å²) >= 11 is 6.24. The van der Waals surface area contributed by atoms with E-state index in [9.17, 15) is 14.4 Å². The fraction of sp³-hybridized carbons (Fsp3) is 0.458. The van der Waals surface area contributed by atoms with Crippen molar-refractivity contribution in [3.05, 3.63) is 57.4 Å². The number of benzene rings is 1. The lowest BCUT2D eigenvalue weighted by molar-refractivity contribution is 0.0512. The van der Waals surface area contributed by atoms with Crippen LogP contribution in [0.2, 0.25) is 5.02 Å². The number of esters is 1. The zero-order valence-corrected chi connectivity index (χ0v) is 20.3. The molecule has 1 aromatic heterocycles. The van der Waals surface area contributed by atoms with Crippen LogP contribution in [0.5, 0.6) is 0 Å². The molecule has 2 rings (SSSR count). The van der Waals surface area contributed by atoms with Crippen LogP contribution in [0, 0.1) is 13.8 Å². The van der Waals surface area contributed by atoms with E-state index in [1.807, 2.05) is 6.92 Å². The molecule has 0 aliphatic heterocycles. The second-order valence-corrected chi connectivity index (χ2v) is 7.82. The van der Waals surface area contributed by atoms with Gasteiger partial charge in [0.1, 0.15) is 5.69 Å². The van der Waals surface area contributed by atoms with E-state index < -0.39 is 12.0 Å². The average molecular weight is 463 g/mol. The topological polar surface area (TPSA) is 77.8 Å². The lowest BCUT2D eigenvalue weighted by Crippen LogP contribution is -2.45. The molecule has 0 spiro atoms. The predicted molar refractivity (Wildman–Crippen MR) is 124 cm³/mol. The molecule has 0 saturated heterocycles. The van der Waals surface area contributed by atoms with Crippen LogP contribution in [0.25, 0.3) is 0 Å². The summed E-state index contributed by atoms with van der Waals surface area (Å²) in [7, 11) is 1.53. The highest BCUT2D eigenvalue weighted by molar-refractivity contribution is 6.33. The zero-order chi connectivity index (χ0) is 24.0. The van der Waals surface area contributed by atoms with Crippen LogP contribution in [0.3, 0.4) is 0 Å². The highest BCUT2D eigenvalue weighted by atomic mass is 35.5. The number of carbonyl (C=O) groups is 3. The number of ether oxygens (including phenoxy) is 2. The molecule has 1 unspecified atom stereocenters. The number of hydrogen-bond acceptors (Lipinski definition) is 5. The number of halogens is 1. The summed E-state index contributed by atoms with van der Waals surface area (Å²) in [6.45, 7) is 10.1. The lowest BCUT2D eigenvalue weighted by atomic mass is 9.99. The largest absolute Gasteiger partial charge is 0.461 e. The van der Waals surface area contributed by atoms with Gasteiger partial charge in [-0.05, 0) is 52.3 Å². The van der Waals surface area contributed by atoms with Crippen molar-refractivity contribution < 1.29 is 23.9 Å². The summed E-state index contributed by atoms with van der Waals surface area (Å²) in [4.78, 5) is 41.0. The Kier molecular flexibility index (Phi) is 9.04. The first-order chi connectivity index (χ1) is 15.2. The van der Waals surface area contributed by atoms with E-state index in [1.54, 1.807) is 56.5 Å². The third kappa shape index (κ3) is 5.05. The zero-order valence-electron chi connectivity index (χ0n) is 19.5. The molecule has 0 aliphatic carbocycles. The first-order valence-electron chi connectivity index (χ1n) is 10.7. The van der Waals surface area contributed by atoms with E-state index in [0.717, 1.165) is 0 Å². The normalized spacial score (nSPS) is 11.8. The third-order valence-electron chi connectivity index (χ3n) is 5.55. The Morgan fingerprint density at radius 3 is 2.38 bits per heavy atom. The molecule has 1 heterocycles. The maximum atomic E-state index is 13.6. The van der Waals surface area contributed by atoms with Crippen LogP contribution < -0.4 is 0 Å². The first-order valence-corrected chi connectivity index (χ1v) is 11.0. The van der Waals surface area contributed by atoms with Crippen molar-refractivity contribution >= 4 is 29.3 Å². The monoisotopic (exact) mass is 462 g/mol. The summed E-state index contributed by atoms with van der Waals surface area (Å²) in [5.41, 5.74) is 2.33. The molecule has 0 aliphatic rings. The van der Waals surface area contributed by atoms with Gasteiger partial charge in [0.25, 0.3) is 5.91 Å². The Hall–Kier alpha value is -2.64. The number of ketones is 1. The molecule has 1 amide bonds. The Balaban J connectivity index is 2.50. The number of rotatable bonds is 10. The molecule has 0 saturated carbocycles. The van der Waals surface area contributed by atoms with E-state index in [0.29, 0.717) is 39.6 Å². The van der Waals surface area contributed by atoms with Gasteiger partial charge in [0.05, 0.1) is 29.8 Å². The smallest absolute Gasteiger partial charge is 0.355 e. The van der Waals surface area contributed by atoms with Gasteiger partial charge in [0.2, 0.25) is 0 Å². The van der Waals surface area contributed by atoms with Crippen molar-refractivity contribution in [2.75, 3.05) is 26.9 Å². The van der Waals surface area contributed by atoms with Gasteiger partial charge in [0.15, 0.2) is 5.78 Å². The molecule has 0 N–H and O–H groups in total. The minimum Gasteiger partial charge on any atom is -0.461 e. The summed E-state index contributed by atoms with van der Waals surface area (Å²) in [5, 5.41) is 0.314. The second-order valence-electron chi connectivity index (χ2n) is 7.41. The van der Waals surface area contributed by atoms with E-state index >= 15 is 0 Å². The van der Waals surface area contributed by atoms with Gasteiger partial charge >= 0.3 is 5.97 Å². The Morgan fingerprint density at radius 2 is 1.81 bits per heavy atom. The molecule has 0 bridgehead atoms. The summed E-state index contributed by atoms with van der Waals surface area (Å²) in [6, 6.07) is 5.93. The molecule has 1 atom stereocenters. The number of hydrogen-bond donors (Lipinski definition) is 0. The number of methoxy groups -OCH3 is 1. The minimum absolute atomic E-state index is 0.213. The Morgan fingerprint density at radius 1 is 1.16 bits per heavy atom. The molecule has 1 aromatic carbocycles. The maximum absolute atomic E-state index is 13.6. The van der Waals surface area contributed by atoms with E-state index in [2.05, 4.69) is 0 Å². The molecular formula is C24H31ClN2O5. The SMILES string of the molecule is CCOC(=O)c1c(C)c(C(=O)C(C)N(CCOC)C(=O)c2ccccc2Cl)c(C)n1CC. The van der Waals surface area contributed by atoms with Crippen molar-refractivity contribution in [2.45, 2.75) is 47.2 Å². The number of aromatic nitrogens is 1. The van der Waals surface area contributed by atoms with Crippen LogP contribution in [0.1, 0.15) is 63.2 Å². The lowest BCUT2D eigenvalue weighted by Gasteiger charge is -2.29. The summed E-state index contributed by atoms with van der Waals surface area (Å²) in [6.07, 6.45) is 0. The number of Topliss-reactive ketones (excluding diaryl/α,β-unsaturated/α-hetero) is 1. The van der Waals surface area contributed by atoms with Crippen LogP contribution >= 0.6 is 11.6 Å².